The third-order valence-corrected chi connectivity index (χ3v) is 5.20. The molecule has 0 bridgehead atoms. The van der Waals surface area contributed by atoms with E-state index in [-0.39, 0.29) is 5.25 Å². The van der Waals surface area contributed by atoms with Gasteiger partial charge in [0.15, 0.2) is 0 Å². The van der Waals surface area contributed by atoms with Crippen LogP contribution in [0.1, 0.15) is 10.8 Å². The number of rotatable bonds is 4. The monoisotopic (exact) mass is 357 g/mol. The second-order valence-corrected chi connectivity index (χ2v) is 7.10. The molecule has 1 atom stereocenters. The van der Waals surface area contributed by atoms with Crippen LogP contribution in [0.4, 0.5) is 0 Å². The van der Waals surface area contributed by atoms with Gasteiger partial charge in [0.25, 0.3) is 0 Å². The Hall–Kier alpha value is -1.29. The SMILES string of the molecule is NCC(Sc1ccc2ccccc2c1)c1cccc(Br)c1. The summed E-state index contributed by atoms with van der Waals surface area (Å²) < 4.78 is 1.09. The van der Waals surface area contributed by atoms with Crippen molar-refractivity contribution in [2.45, 2.75) is 10.1 Å². The minimum absolute atomic E-state index is 0.267. The van der Waals surface area contributed by atoms with Gasteiger partial charge in [0.1, 0.15) is 0 Å². The predicted octanol–water partition coefficient (Wildman–Crippen LogP) is 5.39. The fourth-order valence-corrected chi connectivity index (χ4v) is 3.83. The van der Waals surface area contributed by atoms with Crippen LogP contribution in [0.3, 0.4) is 0 Å². The highest BCUT2D eigenvalue weighted by Crippen LogP contribution is 2.36. The standard InChI is InChI=1S/C18H16BrNS/c19-16-7-3-6-15(10-16)18(12-20)21-17-9-8-13-4-1-2-5-14(13)11-17/h1-11,18H,12,20H2. The van der Waals surface area contributed by atoms with Crippen LogP contribution in [0.5, 0.6) is 0 Å². The van der Waals surface area contributed by atoms with Crippen molar-refractivity contribution >= 4 is 38.5 Å². The van der Waals surface area contributed by atoms with E-state index in [0.717, 1.165) is 4.47 Å². The maximum Gasteiger partial charge on any atom is 0.0467 e. The molecular weight excluding hydrogens is 342 g/mol. The van der Waals surface area contributed by atoms with Gasteiger partial charge in [0.2, 0.25) is 0 Å². The Morgan fingerprint density at radius 3 is 2.48 bits per heavy atom. The number of hydrogen-bond donors (Lipinski definition) is 1. The fraction of sp³-hybridized carbons (Fsp3) is 0.111. The molecule has 0 aliphatic carbocycles. The van der Waals surface area contributed by atoms with Crippen LogP contribution in [0.25, 0.3) is 10.8 Å². The van der Waals surface area contributed by atoms with Crippen molar-refractivity contribution in [3.63, 3.8) is 0 Å². The smallest absolute Gasteiger partial charge is 0.0467 e. The highest BCUT2D eigenvalue weighted by Gasteiger charge is 2.12. The molecule has 1 unspecified atom stereocenters. The van der Waals surface area contributed by atoms with E-state index in [2.05, 4.69) is 76.6 Å². The largest absolute Gasteiger partial charge is 0.329 e. The Morgan fingerprint density at radius 1 is 0.905 bits per heavy atom. The first-order chi connectivity index (χ1) is 10.3. The van der Waals surface area contributed by atoms with Crippen molar-refractivity contribution in [2.75, 3.05) is 6.54 Å². The van der Waals surface area contributed by atoms with Crippen LogP contribution >= 0.6 is 27.7 Å². The molecule has 0 saturated carbocycles. The van der Waals surface area contributed by atoms with Crippen molar-refractivity contribution in [2.24, 2.45) is 5.73 Å². The van der Waals surface area contributed by atoms with Crippen LogP contribution < -0.4 is 5.73 Å². The van der Waals surface area contributed by atoms with Crippen LogP contribution in [0.2, 0.25) is 0 Å². The Morgan fingerprint density at radius 2 is 1.71 bits per heavy atom. The molecule has 1 nitrogen and oxygen atoms in total. The highest BCUT2D eigenvalue weighted by atomic mass is 79.9. The van der Waals surface area contributed by atoms with Gasteiger partial charge < -0.3 is 5.73 Å². The second kappa shape index (κ2) is 6.65. The molecule has 3 aromatic carbocycles. The van der Waals surface area contributed by atoms with E-state index in [4.69, 9.17) is 5.73 Å². The molecular formula is C18H16BrNS. The van der Waals surface area contributed by atoms with E-state index in [1.54, 1.807) is 0 Å². The van der Waals surface area contributed by atoms with Gasteiger partial charge in [-0.05, 0) is 40.6 Å². The van der Waals surface area contributed by atoms with Gasteiger partial charge in [-0.15, -0.1) is 11.8 Å². The molecule has 0 aliphatic rings. The Bertz CT molecular complexity index is 757. The van der Waals surface area contributed by atoms with Crippen LogP contribution in [-0.2, 0) is 0 Å². The summed E-state index contributed by atoms with van der Waals surface area (Å²) in [7, 11) is 0. The average molecular weight is 358 g/mol. The molecule has 106 valence electrons. The Kier molecular flexibility index (Phi) is 4.63. The molecule has 3 heteroatoms. The van der Waals surface area contributed by atoms with E-state index in [9.17, 15) is 0 Å². The lowest BCUT2D eigenvalue weighted by Crippen LogP contribution is -2.09. The summed E-state index contributed by atoms with van der Waals surface area (Å²) in [6.45, 7) is 0.619. The number of benzene rings is 3. The molecule has 0 aromatic heterocycles. The molecule has 3 aromatic rings. The number of nitrogens with two attached hydrogens (primary N) is 1. The molecule has 0 amide bonds. The third-order valence-electron chi connectivity index (χ3n) is 3.43. The van der Waals surface area contributed by atoms with Crippen LogP contribution in [-0.4, -0.2) is 6.54 Å². The maximum atomic E-state index is 5.98. The normalized spacial score (nSPS) is 12.5. The first-order valence-corrected chi connectivity index (χ1v) is 8.54. The van der Waals surface area contributed by atoms with E-state index < -0.39 is 0 Å². The summed E-state index contributed by atoms with van der Waals surface area (Å²) in [5.74, 6) is 0. The van der Waals surface area contributed by atoms with Crippen molar-refractivity contribution in [1.29, 1.82) is 0 Å². The summed E-state index contributed by atoms with van der Waals surface area (Å²) in [6.07, 6.45) is 0. The zero-order valence-corrected chi connectivity index (χ0v) is 13.9. The quantitative estimate of drug-likeness (QED) is 0.633. The Balaban J connectivity index is 1.88. The van der Waals surface area contributed by atoms with Gasteiger partial charge in [0.05, 0.1) is 0 Å². The summed E-state index contributed by atoms with van der Waals surface area (Å²) >= 11 is 5.35. The van der Waals surface area contributed by atoms with E-state index in [1.807, 2.05) is 17.8 Å². The van der Waals surface area contributed by atoms with E-state index >= 15 is 0 Å². The van der Waals surface area contributed by atoms with Crippen molar-refractivity contribution in [3.05, 3.63) is 76.8 Å². The lowest BCUT2D eigenvalue weighted by molar-refractivity contribution is 0.940. The molecule has 0 aliphatic heterocycles. The zero-order valence-electron chi connectivity index (χ0n) is 11.5. The molecule has 2 N–H and O–H groups in total. The van der Waals surface area contributed by atoms with Crippen LogP contribution in [0.15, 0.2) is 76.1 Å². The number of fused-ring (bicyclic) bond motifs is 1. The second-order valence-electron chi connectivity index (χ2n) is 4.91. The topological polar surface area (TPSA) is 26.0 Å². The summed E-state index contributed by atoms with van der Waals surface area (Å²) in [4.78, 5) is 1.25. The minimum atomic E-state index is 0.267. The lowest BCUT2D eigenvalue weighted by atomic mass is 10.1. The van der Waals surface area contributed by atoms with E-state index in [0.29, 0.717) is 6.54 Å². The highest BCUT2D eigenvalue weighted by molar-refractivity contribution is 9.10. The molecule has 0 saturated heterocycles. The molecule has 0 radical (unpaired) electrons. The van der Waals surface area contributed by atoms with Gasteiger partial charge in [-0.1, -0.05) is 58.4 Å². The summed E-state index contributed by atoms with van der Waals surface area (Å²) in [6, 6.07) is 23.4. The number of halogens is 1. The molecule has 21 heavy (non-hydrogen) atoms. The van der Waals surface area contributed by atoms with Crippen LogP contribution in [0, 0.1) is 0 Å². The lowest BCUT2D eigenvalue weighted by Gasteiger charge is -2.15. The molecule has 0 spiro atoms. The minimum Gasteiger partial charge on any atom is -0.329 e. The molecule has 3 rings (SSSR count). The van der Waals surface area contributed by atoms with Gasteiger partial charge in [0, 0.05) is 21.2 Å². The third kappa shape index (κ3) is 3.49. The Labute approximate surface area is 137 Å². The summed E-state index contributed by atoms with van der Waals surface area (Å²) in [5, 5.41) is 2.81. The average Bonchev–Trinajstić information content (AvgIpc) is 2.52. The first kappa shape index (κ1) is 14.6. The molecule has 0 fully saturated rings. The van der Waals surface area contributed by atoms with E-state index in [1.165, 1.54) is 21.2 Å². The van der Waals surface area contributed by atoms with Gasteiger partial charge in [-0.3, -0.25) is 0 Å². The molecule has 0 heterocycles. The maximum absolute atomic E-state index is 5.98. The fourth-order valence-electron chi connectivity index (χ4n) is 2.36. The van der Waals surface area contributed by atoms with Gasteiger partial charge >= 0.3 is 0 Å². The van der Waals surface area contributed by atoms with Crippen molar-refractivity contribution in [1.82, 2.24) is 0 Å². The van der Waals surface area contributed by atoms with Gasteiger partial charge in [-0.25, -0.2) is 0 Å². The van der Waals surface area contributed by atoms with Crippen molar-refractivity contribution in [3.8, 4) is 0 Å². The zero-order chi connectivity index (χ0) is 14.7. The summed E-state index contributed by atoms with van der Waals surface area (Å²) in [5.41, 5.74) is 7.23. The first-order valence-electron chi connectivity index (χ1n) is 6.87. The van der Waals surface area contributed by atoms with Crippen molar-refractivity contribution < 1.29 is 0 Å². The number of hydrogen-bond acceptors (Lipinski definition) is 2. The predicted molar refractivity (Wildman–Crippen MR) is 95.7 cm³/mol. The van der Waals surface area contributed by atoms with Gasteiger partial charge in [-0.2, -0.15) is 0 Å². The number of thioether (sulfide) groups is 1.